The third-order valence-electron chi connectivity index (χ3n) is 2.64. The average molecular weight is 246 g/mol. The summed E-state index contributed by atoms with van der Waals surface area (Å²) < 4.78 is 2.61. The van der Waals surface area contributed by atoms with Crippen LogP contribution in [0.5, 0.6) is 0 Å². The van der Waals surface area contributed by atoms with Gasteiger partial charge in [-0.3, -0.25) is 14.3 Å². The van der Waals surface area contributed by atoms with E-state index in [1.165, 1.54) is 16.8 Å². The summed E-state index contributed by atoms with van der Waals surface area (Å²) in [4.78, 5) is 27.7. The van der Waals surface area contributed by atoms with Crippen molar-refractivity contribution >= 4 is 5.69 Å². The van der Waals surface area contributed by atoms with Crippen LogP contribution in [0.1, 0.15) is 12.6 Å². The Morgan fingerprint density at radius 2 is 2.11 bits per heavy atom. The molecule has 0 spiro atoms. The molecule has 0 aliphatic carbocycles. The molecule has 94 valence electrons. The van der Waals surface area contributed by atoms with Gasteiger partial charge in [-0.05, 0) is 19.1 Å². The zero-order valence-electron chi connectivity index (χ0n) is 10.0. The van der Waals surface area contributed by atoms with Crippen molar-refractivity contribution in [3.63, 3.8) is 0 Å². The summed E-state index contributed by atoms with van der Waals surface area (Å²) in [6.45, 7) is 2.49. The number of rotatable bonds is 3. The van der Waals surface area contributed by atoms with Gasteiger partial charge in [0, 0.05) is 30.7 Å². The second kappa shape index (κ2) is 4.87. The van der Waals surface area contributed by atoms with Gasteiger partial charge in [-0.25, -0.2) is 4.79 Å². The van der Waals surface area contributed by atoms with Crippen LogP contribution >= 0.6 is 0 Å². The second-order valence-electron chi connectivity index (χ2n) is 3.89. The Bertz CT molecular complexity index is 672. The number of nitrogen functional groups attached to an aromatic ring is 1. The van der Waals surface area contributed by atoms with Crippen LogP contribution in [0.3, 0.4) is 0 Å². The zero-order chi connectivity index (χ0) is 13.1. The first-order valence-electron chi connectivity index (χ1n) is 5.62. The fourth-order valence-electron chi connectivity index (χ4n) is 1.69. The quantitative estimate of drug-likeness (QED) is 0.829. The van der Waals surface area contributed by atoms with Gasteiger partial charge in [0.25, 0.3) is 5.56 Å². The fraction of sp³-hybridized carbons (Fsp3) is 0.250. The molecule has 0 aliphatic heterocycles. The lowest BCUT2D eigenvalue weighted by Crippen LogP contribution is -2.39. The van der Waals surface area contributed by atoms with Crippen molar-refractivity contribution in [3.8, 4) is 0 Å². The van der Waals surface area contributed by atoms with Crippen molar-refractivity contribution in [2.45, 2.75) is 20.0 Å². The molecule has 2 aromatic rings. The number of aryl methyl sites for hydroxylation is 1. The standard InChI is InChI=1S/C12H14N4O2/c1-2-15-6-4-11(17)16(12(15)18)8-10-7-9(13)3-5-14-10/h3-7H,2,8H2,1H3,(H2,13,14). The van der Waals surface area contributed by atoms with Gasteiger partial charge in [-0.15, -0.1) is 0 Å². The molecule has 0 aromatic carbocycles. The highest BCUT2D eigenvalue weighted by Gasteiger charge is 2.05. The van der Waals surface area contributed by atoms with Gasteiger partial charge in [0.15, 0.2) is 0 Å². The number of pyridine rings is 1. The van der Waals surface area contributed by atoms with Gasteiger partial charge in [-0.1, -0.05) is 0 Å². The highest BCUT2D eigenvalue weighted by Crippen LogP contribution is 2.02. The molecule has 0 atom stereocenters. The minimum absolute atomic E-state index is 0.129. The van der Waals surface area contributed by atoms with E-state index < -0.39 is 0 Å². The van der Waals surface area contributed by atoms with Gasteiger partial charge in [0.05, 0.1) is 12.2 Å². The zero-order valence-corrected chi connectivity index (χ0v) is 10.0. The molecule has 2 heterocycles. The number of aromatic nitrogens is 3. The molecular weight excluding hydrogens is 232 g/mol. The van der Waals surface area contributed by atoms with Gasteiger partial charge in [0.1, 0.15) is 0 Å². The molecule has 0 radical (unpaired) electrons. The Hall–Kier alpha value is -2.37. The van der Waals surface area contributed by atoms with Gasteiger partial charge in [-0.2, -0.15) is 0 Å². The van der Waals surface area contributed by atoms with Crippen LogP contribution < -0.4 is 17.0 Å². The van der Waals surface area contributed by atoms with Gasteiger partial charge < -0.3 is 10.3 Å². The summed E-state index contributed by atoms with van der Waals surface area (Å²) in [5.41, 5.74) is 6.10. The minimum atomic E-state index is -0.339. The maximum Gasteiger partial charge on any atom is 0.331 e. The molecule has 18 heavy (non-hydrogen) atoms. The van der Waals surface area contributed by atoms with E-state index in [4.69, 9.17) is 5.73 Å². The molecule has 6 nitrogen and oxygen atoms in total. The Labute approximate surface area is 103 Å². The monoisotopic (exact) mass is 246 g/mol. The topological polar surface area (TPSA) is 82.9 Å². The Morgan fingerprint density at radius 3 is 2.78 bits per heavy atom. The number of nitrogens with two attached hydrogens (primary N) is 1. The average Bonchev–Trinajstić information content (AvgIpc) is 2.35. The summed E-state index contributed by atoms with van der Waals surface area (Å²) in [6, 6.07) is 4.67. The molecule has 2 rings (SSSR count). The van der Waals surface area contributed by atoms with Crippen LogP contribution in [0.25, 0.3) is 0 Å². The van der Waals surface area contributed by atoms with Crippen LogP contribution in [0.15, 0.2) is 40.2 Å². The van der Waals surface area contributed by atoms with E-state index in [1.807, 2.05) is 6.92 Å². The molecule has 0 saturated carbocycles. The number of anilines is 1. The third-order valence-corrected chi connectivity index (χ3v) is 2.64. The van der Waals surface area contributed by atoms with Crippen LogP contribution in [0, 0.1) is 0 Å². The number of hydrogen-bond donors (Lipinski definition) is 1. The van der Waals surface area contributed by atoms with E-state index in [0.29, 0.717) is 17.9 Å². The number of nitrogens with zero attached hydrogens (tertiary/aromatic N) is 3. The normalized spacial score (nSPS) is 10.5. The predicted octanol–water partition coefficient (Wildman–Crippen LogP) is 0.0554. The Kier molecular flexibility index (Phi) is 3.27. The SMILES string of the molecule is CCn1ccc(=O)n(Cc2cc(N)ccn2)c1=O. The molecule has 0 bridgehead atoms. The van der Waals surface area contributed by atoms with Crippen LogP contribution in [-0.2, 0) is 13.1 Å². The molecule has 0 aliphatic rings. The van der Waals surface area contributed by atoms with Crippen LogP contribution in [0.2, 0.25) is 0 Å². The van der Waals surface area contributed by atoms with E-state index >= 15 is 0 Å². The summed E-state index contributed by atoms with van der Waals surface area (Å²) in [5.74, 6) is 0. The summed E-state index contributed by atoms with van der Waals surface area (Å²) >= 11 is 0. The van der Waals surface area contributed by atoms with E-state index in [1.54, 1.807) is 18.3 Å². The van der Waals surface area contributed by atoms with E-state index in [9.17, 15) is 9.59 Å². The van der Waals surface area contributed by atoms with Crippen molar-refractivity contribution in [3.05, 3.63) is 57.1 Å². The smallest absolute Gasteiger partial charge is 0.331 e. The minimum Gasteiger partial charge on any atom is -0.399 e. The first kappa shape index (κ1) is 12.1. The molecule has 2 aromatic heterocycles. The summed E-state index contributed by atoms with van der Waals surface area (Å²) in [6.07, 6.45) is 3.05. The van der Waals surface area contributed by atoms with Crippen molar-refractivity contribution in [1.82, 2.24) is 14.1 Å². The second-order valence-corrected chi connectivity index (χ2v) is 3.89. The highest BCUT2D eigenvalue weighted by molar-refractivity contribution is 5.37. The van der Waals surface area contributed by atoms with Gasteiger partial charge in [0.2, 0.25) is 0 Å². The van der Waals surface area contributed by atoms with Crippen molar-refractivity contribution < 1.29 is 0 Å². The Balaban J connectivity index is 2.46. The van der Waals surface area contributed by atoms with Crippen LogP contribution in [-0.4, -0.2) is 14.1 Å². The highest BCUT2D eigenvalue weighted by atomic mass is 16.2. The summed E-state index contributed by atoms with van der Waals surface area (Å²) in [5, 5.41) is 0. The van der Waals surface area contributed by atoms with Gasteiger partial charge >= 0.3 is 5.69 Å². The molecule has 0 saturated heterocycles. The van der Waals surface area contributed by atoms with Crippen molar-refractivity contribution in [1.29, 1.82) is 0 Å². The molecule has 2 N–H and O–H groups in total. The fourth-order valence-corrected chi connectivity index (χ4v) is 1.69. The largest absolute Gasteiger partial charge is 0.399 e. The van der Waals surface area contributed by atoms with E-state index in [-0.39, 0.29) is 17.8 Å². The summed E-state index contributed by atoms with van der Waals surface area (Å²) in [7, 11) is 0. The molecule has 0 amide bonds. The number of hydrogen-bond acceptors (Lipinski definition) is 4. The maximum atomic E-state index is 12.0. The molecule has 0 unspecified atom stereocenters. The lowest BCUT2D eigenvalue weighted by Gasteiger charge is -2.07. The van der Waals surface area contributed by atoms with Crippen LogP contribution in [0.4, 0.5) is 5.69 Å². The third kappa shape index (κ3) is 2.32. The first-order valence-corrected chi connectivity index (χ1v) is 5.62. The lowest BCUT2D eigenvalue weighted by molar-refractivity contribution is 0.595. The molecule has 6 heteroatoms. The van der Waals surface area contributed by atoms with E-state index in [2.05, 4.69) is 4.98 Å². The maximum absolute atomic E-state index is 12.0. The van der Waals surface area contributed by atoms with Crippen molar-refractivity contribution in [2.75, 3.05) is 5.73 Å². The van der Waals surface area contributed by atoms with E-state index in [0.717, 1.165) is 4.57 Å². The molecular formula is C12H14N4O2. The first-order chi connectivity index (χ1) is 8.61. The van der Waals surface area contributed by atoms with Crippen molar-refractivity contribution in [2.24, 2.45) is 0 Å². The Morgan fingerprint density at radius 1 is 1.33 bits per heavy atom. The predicted molar refractivity (Wildman–Crippen MR) is 68.4 cm³/mol. The lowest BCUT2D eigenvalue weighted by atomic mass is 10.3. The molecule has 0 fully saturated rings.